The molecule has 0 unspecified atom stereocenters. The van der Waals surface area contributed by atoms with E-state index in [0.717, 1.165) is 35.3 Å². The molecule has 0 spiro atoms. The number of carbonyl (C=O) groups excluding carboxylic acids is 1. The van der Waals surface area contributed by atoms with Crippen molar-refractivity contribution in [3.8, 4) is 0 Å². The molecule has 0 fully saturated rings. The van der Waals surface area contributed by atoms with Crippen LogP contribution in [0.5, 0.6) is 0 Å². The van der Waals surface area contributed by atoms with Crippen LogP contribution in [0.3, 0.4) is 0 Å². The molecule has 2 heterocycles. The lowest BCUT2D eigenvalue weighted by Crippen LogP contribution is -2.28. The van der Waals surface area contributed by atoms with Crippen LogP contribution >= 0.6 is 11.6 Å². The van der Waals surface area contributed by atoms with E-state index in [-0.39, 0.29) is 5.91 Å². The normalized spacial score (nSPS) is 14.3. The Morgan fingerprint density at radius 3 is 2.80 bits per heavy atom. The Morgan fingerprint density at radius 1 is 1.35 bits per heavy atom. The van der Waals surface area contributed by atoms with E-state index in [1.165, 1.54) is 11.3 Å². The smallest absolute Gasteiger partial charge is 0.219 e. The number of H-pyrrole nitrogens is 1. The van der Waals surface area contributed by atoms with Gasteiger partial charge >= 0.3 is 0 Å². The molecule has 4 heteroatoms. The summed E-state index contributed by atoms with van der Waals surface area (Å²) in [6, 6.07) is 5.88. The predicted octanol–water partition coefficient (Wildman–Crippen LogP) is 4.14. The SMILES string of the molecule is CC.CC(=O)N1CCCc2[nH]c3ccc(Cl)cc3c2C1. The quantitative estimate of drug-likeness (QED) is 0.778. The molecule has 1 amide bonds. The van der Waals surface area contributed by atoms with Gasteiger partial charge in [-0.3, -0.25) is 4.79 Å². The number of aromatic amines is 1. The highest BCUT2D eigenvalue weighted by molar-refractivity contribution is 6.31. The number of amides is 1. The molecular formula is C16H21ClN2O. The lowest BCUT2D eigenvalue weighted by Gasteiger charge is -2.18. The third-order valence-electron chi connectivity index (χ3n) is 3.61. The van der Waals surface area contributed by atoms with Gasteiger partial charge in [-0.25, -0.2) is 0 Å². The first-order valence-corrected chi connectivity index (χ1v) is 7.57. The van der Waals surface area contributed by atoms with Crippen LogP contribution in [0.4, 0.5) is 0 Å². The Bertz CT molecular complexity index is 618. The van der Waals surface area contributed by atoms with Gasteiger partial charge in [-0.2, -0.15) is 0 Å². The molecule has 3 rings (SSSR count). The highest BCUT2D eigenvalue weighted by atomic mass is 35.5. The van der Waals surface area contributed by atoms with Gasteiger partial charge in [-0.05, 0) is 31.0 Å². The summed E-state index contributed by atoms with van der Waals surface area (Å²) in [6.07, 6.45) is 2.00. The maximum atomic E-state index is 11.6. The number of aromatic nitrogens is 1. The van der Waals surface area contributed by atoms with Gasteiger partial charge in [0.2, 0.25) is 5.91 Å². The van der Waals surface area contributed by atoms with Gasteiger partial charge in [0.1, 0.15) is 0 Å². The highest BCUT2D eigenvalue weighted by Crippen LogP contribution is 2.29. The summed E-state index contributed by atoms with van der Waals surface area (Å²) in [4.78, 5) is 16.9. The maximum absolute atomic E-state index is 11.6. The first kappa shape index (κ1) is 14.9. The van der Waals surface area contributed by atoms with Gasteiger partial charge in [0.15, 0.2) is 0 Å². The fourth-order valence-corrected chi connectivity index (χ4v) is 2.83. The summed E-state index contributed by atoms with van der Waals surface area (Å²) in [7, 11) is 0. The van der Waals surface area contributed by atoms with E-state index in [1.54, 1.807) is 6.92 Å². The minimum atomic E-state index is 0.138. The molecule has 2 aromatic rings. The van der Waals surface area contributed by atoms with Crippen molar-refractivity contribution in [3.63, 3.8) is 0 Å². The van der Waals surface area contributed by atoms with Crippen LogP contribution in [-0.4, -0.2) is 22.3 Å². The van der Waals surface area contributed by atoms with Crippen LogP contribution in [0.15, 0.2) is 18.2 Å². The molecule has 1 aromatic heterocycles. The van der Waals surface area contributed by atoms with Gasteiger partial charge in [0.25, 0.3) is 0 Å². The van der Waals surface area contributed by atoms with E-state index in [2.05, 4.69) is 4.98 Å². The van der Waals surface area contributed by atoms with Crippen molar-refractivity contribution in [1.82, 2.24) is 9.88 Å². The van der Waals surface area contributed by atoms with Gasteiger partial charge in [0.05, 0.1) is 0 Å². The number of aryl methyl sites for hydroxylation is 1. The zero-order valence-corrected chi connectivity index (χ0v) is 13.0. The van der Waals surface area contributed by atoms with E-state index in [4.69, 9.17) is 11.6 Å². The van der Waals surface area contributed by atoms with Crippen molar-refractivity contribution >= 4 is 28.4 Å². The van der Waals surface area contributed by atoms with E-state index in [9.17, 15) is 4.79 Å². The molecule has 1 aliphatic heterocycles. The largest absolute Gasteiger partial charge is 0.358 e. The molecule has 0 saturated carbocycles. The van der Waals surface area contributed by atoms with Crippen LogP contribution < -0.4 is 0 Å². The maximum Gasteiger partial charge on any atom is 0.219 e. The second kappa shape index (κ2) is 6.31. The van der Waals surface area contributed by atoms with Crippen LogP contribution in [0.25, 0.3) is 10.9 Å². The number of nitrogens with zero attached hydrogens (tertiary/aromatic N) is 1. The first-order valence-electron chi connectivity index (χ1n) is 7.19. The number of fused-ring (bicyclic) bond motifs is 3. The lowest BCUT2D eigenvalue weighted by atomic mass is 10.1. The van der Waals surface area contributed by atoms with Crippen molar-refractivity contribution in [3.05, 3.63) is 34.5 Å². The number of carbonyl (C=O) groups is 1. The zero-order valence-electron chi connectivity index (χ0n) is 12.3. The summed E-state index contributed by atoms with van der Waals surface area (Å²) < 4.78 is 0. The Labute approximate surface area is 124 Å². The topological polar surface area (TPSA) is 36.1 Å². The van der Waals surface area contributed by atoms with Crippen molar-refractivity contribution in [2.75, 3.05) is 6.54 Å². The molecule has 1 aromatic carbocycles. The molecule has 20 heavy (non-hydrogen) atoms. The molecule has 0 radical (unpaired) electrons. The van der Waals surface area contributed by atoms with Crippen molar-refractivity contribution in [2.24, 2.45) is 0 Å². The predicted molar refractivity (Wildman–Crippen MR) is 84.1 cm³/mol. The number of benzene rings is 1. The molecule has 0 bridgehead atoms. The summed E-state index contributed by atoms with van der Waals surface area (Å²) in [6.45, 7) is 7.15. The number of hydrogen-bond donors (Lipinski definition) is 1. The Hall–Kier alpha value is -1.48. The summed E-state index contributed by atoms with van der Waals surface area (Å²) in [5.41, 5.74) is 3.58. The molecule has 1 aliphatic rings. The number of halogens is 1. The minimum Gasteiger partial charge on any atom is -0.358 e. The first-order chi connectivity index (χ1) is 9.65. The fourth-order valence-electron chi connectivity index (χ4n) is 2.66. The van der Waals surface area contributed by atoms with E-state index >= 15 is 0 Å². The van der Waals surface area contributed by atoms with Crippen LogP contribution in [0.2, 0.25) is 5.02 Å². The van der Waals surface area contributed by atoms with Crippen molar-refractivity contribution < 1.29 is 4.79 Å². The van der Waals surface area contributed by atoms with Crippen LogP contribution in [0.1, 0.15) is 38.4 Å². The second-order valence-corrected chi connectivity index (χ2v) is 5.25. The van der Waals surface area contributed by atoms with E-state index in [1.807, 2.05) is 36.9 Å². The van der Waals surface area contributed by atoms with Gasteiger partial charge in [-0.15, -0.1) is 0 Å². The van der Waals surface area contributed by atoms with Crippen molar-refractivity contribution in [1.29, 1.82) is 0 Å². The van der Waals surface area contributed by atoms with Gasteiger partial charge < -0.3 is 9.88 Å². The number of rotatable bonds is 0. The number of hydrogen-bond acceptors (Lipinski definition) is 1. The standard InChI is InChI=1S/C14H15ClN2O.C2H6/c1-9(18)17-6-2-3-13-12(8-17)11-7-10(15)4-5-14(11)16-13;1-2/h4-5,7,16H,2-3,6,8H2,1H3;1-2H3. The average Bonchev–Trinajstić information content (AvgIpc) is 2.64. The summed E-state index contributed by atoms with van der Waals surface area (Å²) in [5.74, 6) is 0.138. The molecular weight excluding hydrogens is 272 g/mol. The molecule has 3 nitrogen and oxygen atoms in total. The second-order valence-electron chi connectivity index (χ2n) is 4.82. The molecule has 0 atom stereocenters. The third-order valence-corrected chi connectivity index (χ3v) is 3.84. The Balaban J connectivity index is 0.000000704. The fraction of sp³-hybridized carbons (Fsp3) is 0.438. The van der Waals surface area contributed by atoms with Crippen LogP contribution in [-0.2, 0) is 17.8 Å². The Morgan fingerprint density at radius 2 is 2.10 bits per heavy atom. The molecule has 0 aliphatic carbocycles. The van der Waals surface area contributed by atoms with Gasteiger partial charge in [-0.1, -0.05) is 25.4 Å². The van der Waals surface area contributed by atoms with Crippen LogP contribution in [0, 0.1) is 0 Å². The van der Waals surface area contributed by atoms with Gasteiger partial charge in [0, 0.05) is 47.2 Å². The zero-order chi connectivity index (χ0) is 14.7. The average molecular weight is 293 g/mol. The molecule has 0 saturated heterocycles. The Kier molecular flexibility index (Phi) is 4.71. The van der Waals surface area contributed by atoms with E-state index in [0.29, 0.717) is 6.54 Å². The number of nitrogens with one attached hydrogen (secondary N) is 1. The molecule has 108 valence electrons. The summed E-state index contributed by atoms with van der Waals surface area (Å²) >= 11 is 6.06. The summed E-state index contributed by atoms with van der Waals surface area (Å²) in [5, 5.41) is 1.88. The lowest BCUT2D eigenvalue weighted by molar-refractivity contribution is -0.129. The minimum absolute atomic E-state index is 0.138. The van der Waals surface area contributed by atoms with Crippen molar-refractivity contribution in [2.45, 2.75) is 40.2 Å². The van der Waals surface area contributed by atoms with E-state index < -0.39 is 0 Å². The highest BCUT2D eigenvalue weighted by Gasteiger charge is 2.20. The third kappa shape index (κ3) is 2.83. The molecule has 1 N–H and O–H groups in total. The monoisotopic (exact) mass is 292 g/mol.